The molecule has 0 radical (unpaired) electrons. The van der Waals surface area contributed by atoms with Gasteiger partial charge in [0.1, 0.15) is 5.82 Å². The SMILES string of the molecule is O=C(Nc1ccccc1)N1CCN(S(=O)(=O)c2ccc(F)cc2)CC1. The minimum absolute atomic E-state index is 0.0519. The molecule has 1 N–H and O–H groups in total. The maximum atomic E-state index is 13.0. The van der Waals surface area contributed by atoms with Gasteiger partial charge in [0.15, 0.2) is 0 Å². The molecule has 1 saturated heterocycles. The van der Waals surface area contributed by atoms with Crippen molar-refractivity contribution in [1.29, 1.82) is 0 Å². The van der Waals surface area contributed by atoms with Gasteiger partial charge in [0.2, 0.25) is 10.0 Å². The molecule has 132 valence electrons. The van der Waals surface area contributed by atoms with E-state index in [1.165, 1.54) is 16.4 Å². The van der Waals surface area contributed by atoms with Crippen molar-refractivity contribution in [1.82, 2.24) is 9.21 Å². The molecule has 0 spiro atoms. The van der Waals surface area contributed by atoms with Crippen LogP contribution in [0.3, 0.4) is 0 Å². The molecule has 0 aliphatic carbocycles. The summed E-state index contributed by atoms with van der Waals surface area (Å²) in [6.07, 6.45) is 0. The van der Waals surface area contributed by atoms with Gasteiger partial charge in [0.05, 0.1) is 4.90 Å². The topological polar surface area (TPSA) is 69.7 Å². The minimum Gasteiger partial charge on any atom is -0.322 e. The van der Waals surface area contributed by atoms with Crippen molar-refractivity contribution in [3.8, 4) is 0 Å². The Balaban J connectivity index is 1.61. The van der Waals surface area contributed by atoms with E-state index in [0.717, 1.165) is 12.1 Å². The quantitative estimate of drug-likeness (QED) is 0.910. The van der Waals surface area contributed by atoms with Crippen LogP contribution in [0.15, 0.2) is 59.5 Å². The van der Waals surface area contributed by atoms with E-state index >= 15 is 0 Å². The number of sulfonamides is 1. The van der Waals surface area contributed by atoms with E-state index in [0.29, 0.717) is 18.8 Å². The van der Waals surface area contributed by atoms with Gasteiger partial charge >= 0.3 is 6.03 Å². The van der Waals surface area contributed by atoms with Gasteiger partial charge in [-0.3, -0.25) is 0 Å². The van der Waals surface area contributed by atoms with Gasteiger partial charge in [0.25, 0.3) is 0 Å². The molecule has 0 saturated carbocycles. The first-order chi connectivity index (χ1) is 12.0. The standard InChI is InChI=1S/C17H18FN3O3S/c18-14-6-8-16(9-7-14)25(23,24)21-12-10-20(11-13-21)17(22)19-15-4-2-1-3-5-15/h1-9H,10-13H2,(H,19,22). The highest BCUT2D eigenvalue weighted by atomic mass is 32.2. The second kappa shape index (κ2) is 7.20. The number of carbonyl (C=O) groups is 1. The van der Waals surface area contributed by atoms with Crippen molar-refractivity contribution in [2.24, 2.45) is 0 Å². The number of hydrogen-bond acceptors (Lipinski definition) is 3. The fraction of sp³-hybridized carbons (Fsp3) is 0.235. The average Bonchev–Trinajstić information content (AvgIpc) is 2.63. The average molecular weight is 363 g/mol. The summed E-state index contributed by atoms with van der Waals surface area (Å²) in [6.45, 7) is 0.974. The Morgan fingerprint density at radius 2 is 1.52 bits per heavy atom. The molecule has 0 aromatic heterocycles. The summed E-state index contributed by atoms with van der Waals surface area (Å²) in [5.41, 5.74) is 0.689. The third-order valence-corrected chi connectivity index (χ3v) is 5.92. The van der Waals surface area contributed by atoms with E-state index in [1.807, 2.05) is 18.2 Å². The van der Waals surface area contributed by atoms with Crippen LogP contribution in [0.5, 0.6) is 0 Å². The zero-order valence-electron chi connectivity index (χ0n) is 13.4. The highest BCUT2D eigenvalue weighted by Gasteiger charge is 2.30. The summed E-state index contributed by atoms with van der Waals surface area (Å²) < 4.78 is 39.4. The number of para-hydroxylation sites is 1. The van der Waals surface area contributed by atoms with Crippen molar-refractivity contribution in [3.05, 3.63) is 60.4 Å². The molecule has 8 heteroatoms. The van der Waals surface area contributed by atoms with Crippen LogP contribution < -0.4 is 5.32 Å². The van der Waals surface area contributed by atoms with Crippen molar-refractivity contribution in [3.63, 3.8) is 0 Å². The highest BCUT2D eigenvalue weighted by Crippen LogP contribution is 2.18. The van der Waals surface area contributed by atoms with Crippen LogP contribution in [-0.2, 0) is 10.0 Å². The van der Waals surface area contributed by atoms with Crippen LogP contribution in [0.2, 0.25) is 0 Å². The lowest BCUT2D eigenvalue weighted by Crippen LogP contribution is -2.51. The fourth-order valence-corrected chi connectivity index (χ4v) is 4.03. The van der Waals surface area contributed by atoms with Crippen molar-refractivity contribution in [2.75, 3.05) is 31.5 Å². The number of rotatable bonds is 3. The second-order valence-electron chi connectivity index (χ2n) is 5.64. The van der Waals surface area contributed by atoms with Crippen molar-refractivity contribution < 1.29 is 17.6 Å². The third kappa shape index (κ3) is 3.97. The molecule has 2 amide bonds. The second-order valence-corrected chi connectivity index (χ2v) is 7.58. The monoisotopic (exact) mass is 363 g/mol. The summed E-state index contributed by atoms with van der Waals surface area (Å²) in [4.78, 5) is 13.9. The fourth-order valence-electron chi connectivity index (χ4n) is 2.61. The van der Waals surface area contributed by atoms with Gasteiger partial charge in [-0.2, -0.15) is 4.31 Å². The van der Waals surface area contributed by atoms with Crippen LogP contribution in [0.1, 0.15) is 0 Å². The predicted octanol–water partition coefficient (Wildman–Crippen LogP) is 2.36. The predicted molar refractivity (Wildman–Crippen MR) is 92.2 cm³/mol. The molecule has 1 aliphatic rings. The third-order valence-electron chi connectivity index (χ3n) is 4.00. The lowest BCUT2D eigenvalue weighted by atomic mass is 10.3. The Morgan fingerprint density at radius 3 is 2.12 bits per heavy atom. The molecule has 1 aliphatic heterocycles. The van der Waals surface area contributed by atoms with Crippen LogP contribution in [0, 0.1) is 5.82 Å². The Kier molecular flexibility index (Phi) is 5.00. The molecule has 1 heterocycles. The maximum Gasteiger partial charge on any atom is 0.321 e. The Labute approximate surface area is 145 Å². The van der Waals surface area contributed by atoms with Crippen LogP contribution in [0.25, 0.3) is 0 Å². The van der Waals surface area contributed by atoms with E-state index in [2.05, 4.69) is 5.32 Å². The number of anilines is 1. The number of amides is 2. The zero-order chi connectivity index (χ0) is 17.9. The van der Waals surface area contributed by atoms with Gasteiger partial charge in [-0.1, -0.05) is 18.2 Å². The molecule has 0 atom stereocenters. The summed E-state index contributed by atoms with van der Waals surface area (Å²) >= 11 is 0. The lowest BCUT2D eigenvalue weighted by Gasteiger charge is -2.34. The van der Waals surface area contributed by atoms with Gasteiger partial charge in [-0.25, -0.2) is 17.6 Å². The Hall–Kier alpha value is -2.45. The first kappa shape index (κ1) is 17.4. The number of nitrogens with zero attached hydrogens (tertiary/aromatic N) is 2. The first-order valence-corrected chi connectivity index (χ1v) is 9.27. The summed E-state index contributed by atoms with van der Waals surface area (Å²) in [7, 11) is -3.68. The number of nitrogens with one attached hydrogen (secondary N) is 1. The van der Waals surface area contributed by atoms with E-state index in [9.17, 15) is 17.6 Å². The molecular weight excluding hydrogens is 345 g/mol. The molecule has 0 bridgehead atoms. The smallest absolute Gasteiger partial charge is 0.321 e. The zero-order valence-corrected chi connectivity index (χ0v) is 14.2. The van der Waals surface area contributed by atoms with Gasteiger partial charge < -0.3 is 10.2 Å². The van der Waals surface area contributed by atoms with Crippen LogP contribution >= 0.6 is 0 Å². The van der Waals surface area contributed by atoms with Crippen molar-refractivity contribution >= 4 is 21.7 Å². The molecule has 3 rings (SSSR count). The normalized spacial score (nSPS) is 15.8. The summed E-state index contributed by atoms with van der Waals surface area (Å²) in [6, 6.07) is 13.6. The molecular formula is C17H18FN3O3S. The minimum atomic E-state index is -3.68. The van der Waals surface area contributed by atoms with Crippen molar-refractivity contribution in [2.45, 2.75) is 4.90 Å². The van der Waals surface area contributed by atoms with E-state index in [1.54, 1.807) is 17.0 Å². The van der Waals surface area contributed by atoms with Gasteiger partial charge in [-0.15, -0.1) is 0 Å². The number of hydrogen-bond donors (Lipinski definition) is 1. The van der Waals surface area contributed by atoms with E-state index < -0.39 is 15.8 Å². The maximum absolute atomic E-state index is 13.0. The van der Waals surface area contributed by atoms with E-state index in [-0.39, 0.29) is 24.0 Å². The first-order valence-electron chi connectivity index (χ1n) is 7.83. The molecule has 2 aromatic carbocycles. The summed E-state index contributed by atoms with van der Waals surface area (Å²) in [5.74, 6) is -0.485. The van der Waals surface area contributed by atoms with E-state index in [4.69, 9.17) is 0 Å². The molecule has 1 fully saturated rings. The molecule has 0 unspecified atom stereocenters. The molecule has 25 heavy (non-hydrogen) atoms. The largest absolute Gasteiger partial charge is 0.322 e. The van der Waals surface area contributed by atoms with Crippen LogP contribution in [0.4, 0.5) is 14.9 Å². The molecule has 6 nitrogen and oxygen atoms in total. The number of piperazine rings is 1. The Bertz CT molecular complexity index is 833. The number of benzene rings is 2. The van der Waals surface area contributed by atoms with Gasteiger partial charge in [0, 0.05) is 31.9 Å². The van der Waals surface area contributed by atoms with Crippen LogP contribution in [-0.4, -0.2) is 49.8 Å². The highest BCUT2D eigenvalue weighted by molar-refractivity contribution is 7.89. The van der Waals surface area contributed by atoms with Gasteiger partial charge in [-0.05, 0) is 36.4 Å². The summed E-state index contributed by atoms with van der Waals surface area (Å²) in [5, 5.41) is 2.78. The lowest BCUT2D eigenvalue weighted by molar-refractivity contribution is 0.184. The number of urea groups is 1. The number of halogens is 1. The number of carbonyl (C=O) groups excluding carboxylic acids is 1. The molecule has 2 aromatic rings. The Morgan fingerprint density at radius 1 is 0.920 bits per heavy atom.